The van der Waals surface area contributed by atoms with Gasteiger partial charge in [0.05, 0.1) is 26.6 Å². The van der Waals surface area contributed by atoms with Crippen LogP contribution in [0, 0.1) is 0 Å². The molecule has 0 amide bonds. The Kier molecular flexibility index (Phi) is 8.81. The number of hydrogen-bond donors (Lipinski definition) is 0. The molecule has 0 saturated carbocycles. The van der Waals surface area contributed by atoms with Crippen LogP contribution in [0.2, 0.25) is 5.02 Å². The predicted octanol–water partition coefficient (Wildman–Crippen LogP) is 8.14. The fourth-order valence-corrected chi connectivity index (χ4v) is 5.08. The van der Waals surface area contributed by atoms with Gasteiger partial charge in [-0.25, -0.2) is 4.98 Å². The summed E-state index contributed by atoms with van der Waals surface area (Å²) in [6, 6.07) is 17.0. The number of hydrogen-bond acceptors (Lipinski definition) is 4. The van der Waals surface area contributed by atoms with Crippen molar-refractivity contribution in [3.8, 4) is 5.75 Å². The highest BCUT2D eigenvalue weighted by Crippen LogP contribution is 2.35. The molecule has 0 aliphatic carbocycles. The molecule has 0 unspecified atom stereocenters. The summed E-state index contributed by atoms with van der Waals surface area (Å²) in [4.78, 5) is 17.9. The minimum atomic E-state index is -0.210. The van der Waals surface area contributed by atoms with Crippen LogP contribution in [0.4, 0.5) is 0 Å². The molecule has 0 spiro atoms. The maximum atomic E-state index is 13.2. The Bertz CT molecular complexity index is 1430. The summed E-state index contributed by atoms with van der Waals surface area (Å²) in [6.45, 7) is 2.48. The number of rotatable bonds is 8. The first-order valence-electron chi connectivity index (χ1n) is 11.0. The lowest BCUT2D eigenvalue weighted by Gasteiger charge is -2.12. The molecule has 1 heterocycles. The zero-order chi connectivity index (χ0) is 24.9. The van der Waals surface area contributed by atoms with E-state index >= 15 is 0 Å². The van der Waals surface area contributed by atoms with Gasteiger partial charge in [0.15, 0.2) is 5.75 Å². The summed E-state index contributed by atoms with van der Waals surface area (Å²) in [5, 5.41) is 5.45. The molecular weight excluding hydrogens is 661 g/mol. The van der Waals surface area contributed by atoms with E-state index in [0.717, 1.165) is 32.9 Å². The van der Waals surface area contributed by atoms with Crippen molar-refractivity contribution in [3.05, 3.63) is 100 Å². The molecule has 0 saturated heterocycles. The smallest absolute Gasteiger partial charge is 0.282 e. The zero-order valence-electron chi connectivity index (χ0n) is 18.8. The van der Waals surface area contributed by atoms with E-state index in [4.69, 9.17) is 21.3 Å². The summed E-state index contributed by atoms with van der Waals surface area (Å²) >= 11 is 16.9. The summed E-state index contributed by atoms with van der Waals surface area (Å²) in [5.41, 5.74) is 2.20. The third kappa shape index (κ3) is 6.42. The molecule has 0 radical (unpaired) electrons. The molecule has 5 nitrogen and oxygen atoms in total. The Balaban J connectivity index is 1.63. The van der Waals surface area contributed by atoms with Crippen molar-refractivity contribution in [3.63, 3.8) is 0 Å². The van der Waals surface area contributed by atoms with Crippen molar-refractivity contribution in [1.29, 1.82) is 0 Å². The van der Waals surface area contributed by atoms with Crippen molar-refractivity contribution in [2.45, 2.75) is 32.8 Å². The number of benzene rings is 3. The molecule has 0 aliphatic rings. The van der Waals surface area contributed by atoms with Crippen molar-refractivity contribution in [2.24, 2.45) is 5.10 Å². The van der Waals surface area contributed by atoms with Gasteiger partial charge in [0.25, 0.3) is 5.56 Å². The number of fused-ring (bicyclic) bond motifs is 1. The van der Waals surface area contributed by atoms with Crippen LogP contribution < -0.4 is 10.3 Å². The Morgan fingerprint density at radius 1 is 1.06 bits per heavy atom. The Hall–Kier alpha value is -2.00. The van der Waals surface area contributed by atoms with Crippen molar-refractivity contribution in [2.75, 3.05) is 0 Å². The molecule has 1 aromatic heterocycles. The van der Waals surface area contributed by atoms with Crippen LogP contribution in [0.5, 0.6) is 5.75 Å². The molecule has 3 aromatic carbocycles. The first kappa shape index (κ1) is 26.1. The van der Waals surface area contributed by atoms with Crippen molar-refractivity contribution < 1.29 is 4.74 Å². The highest BCUT2D eigenvalue weighted by Gasteiger charge is 2.12. The number of nitrogens with zero attached hydrogens (tertiary/aromatic N) is 3. The number of unbranched alkanes of at least 4 members (excludes halogenated alkanes) is 1. The van der Waals surface area contributed by atoms with Gasteiger partial charge in [0, 0.05) is 15.4 Å². The highest BCUT2D eigenvalue weighted by molar-refractivity contribution is 9.11. The zero-order valence-corrected chi connectivity index (χ0v) is 24.3. The maximum absolute atomic E-state index is 13.2. The average molecular weight is 683 g/mol. The number of halogens is 4. The van der Waals surface area contributed by atoms with Gasteiger partial charge in [-0.3, -0.25) is 4.79 Å². The first-order chi connectivity index (χ1) is 16.9. The Morgan fingerprint density at radius 2 is 1.80 bits per heavy atom. The molecular formula is C26H21Br3ClN3O2. The molecule has 0 N–H and O–H groups in total. The summed E-state index contributed by atoms with van der Waals surface area (Å²) in [5.74, 6) is 1.17. The van der Waals surface area contributed by atoms with Crippen LogP contribution in [0.1, 0.15) is 36.7 Å². The van der Waals surface area contributed by atoms with Crippen LogP contribution >= 0.6 is 59.4 Å². The fourth-order valence-electron chi connectivity index (χ4n) is 3.46. The van der Waals surface area contributed by atoms with Gasteiger partial charge in [-0.05, 0) is 75.9 Å². The van der Waals surface area contributed by atoms with Crippen molar-refractivity contribution >= 4 is 76.5 Å². The van der Waals surface area contributed by atoms with E-state index in [1.165, 1.54) is 4.68 Å². The largest absolute Gasteiger partial charge is 0.486 e. The van der Waals surface area contributed by atoms with Gasteiger partial charge in [0.1, 0.15) is 12.4 Å². The lowest BCUT2D eigenvalue weighted by molar-refractivity contribution is 0.304. The lowest BCUT2D eigenvalue weighted by Crippen LogP contribution is -2.22. The Labute approximate surface area is 233 Å². The number of aryl methyl sites for hydroxylation is 1. The third-order valence-electron chi connectivity index (χ3n) is 5.27. The monoisotopic (exact) mass is 679 g/mol. The van der Waals surface area contributed by atoms with E-state index in [0.29, 0.717) is 45.0 Å². The van der Waals surface area contributed by atoms with Gasteiger partial charge in [-0.2, -0.15) is 9.78 Å². The number of aromatic nitrogens is 2. The molecule has 4 aromatic rings. The lowest BCUT2D eigenvalue weighted by atomic mass is 10.2. The van der Waals surface area contributed by atoms with Crippen LogP contribution in [-0.4, -0.2) is 15.9 Å². The third-order valence-corrected chi connectivity index (χ3v) is 7.16. The first-order valence-corrected chi connectivity index (χ1v) is 13.7. The second kappa shape index (κ2) is 11.8. The van der Waals surface area contributed by atoms with Gasteiger partial charge >= 0.3 is 0 Å². The molecule has 4 rings (SSSR count). The minimum Gasteiger partial charge on any atom is -0.486 e. The normalized spacial score (nSPS) is 11.5. The van der Waals surface area contributed by atoms with Crippen LogP contribution in [0.15, 0.2) is 77.9 Å². The predicted molar refractivity (Wildman–Crippen MR) is 153 cm³/mol. The molecule has 0 bridgehead atoms. The molecule has 9 heteroatoms. The van der Waals surface area contributed by atoms with E-state index in [9.17, 15) is 4.79 Å². The SMILES string of the molecule is CCCCc1nc2ccc(Br)cc2c(=O)n1N=Cc1cc(Cl)c(OCc2ccc(Br)cc2)c(Br)c1. The summed E-state index contributed by atoms with van der Waals surface area (Å²) in [6.07, 6.45) is 4.16. The van der Waals surface area contributed by atoms with Gasteiger partial charge in [-0.1, -0.05) is 68.9 Å². The molecule has 35 heavy (non-hydrogen) atoms. The molecule has 0 atom stereocenters. The minimum absolute atomic E-state index is 0.210. The van der Waals surface area contributed by atoms with Gasteiger partial charge < -0.3 is 4.74 Å². The Morgan fingerprint density at radius 3 is 2.51 bits per heavy atom. The fraction of sp³-hybridized carbons (Fsp3) is 0.192. The second-order valence-electron chi connectivity index (χ2n) is 7.88. The highest BCUT2D eigenvalue weighted by atomic mass is 79.9. The number of ether oxygens (including phenoxy) is 1. The van der Waals surface area contributed by atoms with E-state index in [1.54, 1.807) is 18.3 Å². The van der Waals surface area contributed by atoms with Gasteiger partial charge in [0.2, 0.25) is 0 Å². The summed E-state index contributed by atoms with van der Waals surface area (Å²) in [7, 11) is 0. The molecule has 0 aliphatic heterocycles. The second-order valence-corrected chi connectivity index (χ2v) is 11.0. The van der Waals surface area contributed by atoms with Gasteiger partial charge in [-0.15, -0.1) is 0 Å². The topological polar surface area (TPSA) is 56.5 Å². The van der Waals surface area contributed by atoms with Crippen molar-refractivity contribution in [1.82, 2.24) is 9.66 Å². The maximum Gasteiger partial charge on any atom is 0.282 e. The van der Waals surface area contributed by atoms with E-state index in [2.05, 4.69) is 59.8 Å². The average Bonchev–Trinajstić information content (AvgIpc) is 2.83. The van der Waals surface area contributed by atoms with Crippen LogP contribution in [-0.2, 0) is 13.0 Å². The van der Waals surface area contributed by atoms with Crippen LogP contribution in [0.25, 0.3) is 10.9 Å². The van der Waals surface area contributed by atoms with E-state index < -0.39 is 0 Å². The molecule has 180 valence electrons. The van der Waals surface area contributed by atoms with Crippen LogP contribution in [0.3, 0.4) is 0 Å². The van der Waals surface area contributed by atoms with E-state index in [1.807, 2.05) is 42.5 Å². The summed E-state index contributed by atoms with van der Waals surface area (Å²) < 4.78 is 9.85. The quantitative estimate of drug-likeness (QED) is 0.177. The van der Waals surface area contributed by atoms with E-state index in [-0.39, 0.29) is 5.56 Å². The molecule has 0 fully saturated rings. The standard InChI is InChI=1S/C26H21Br3ClN3O2/c1-2-3-4-24-32-23-10-9-19(28)13-20(23)26(34)33(24)31-14-17-11-21(29)25(22(30)12-17)35-15-16-5-7-18(27)8-6-16/h5-14H,2-4,15H2,1H3.